The van der Waals surface area contributed by atoms with Crippen molar-refractivity contribution in [3.8, 4) is 0 Å². The fourth-order valence-electron chi connectivity index (χ4n) is 2.70. The van der Waals surface area contributed by atoms with Crippen molar-refractivity contribution in [2.45, 2.75) is 32.8 Å². The van der Waals surface area contributed by atoms with Crippen LogP contribution in [-0.4, -0.2) is 67.0 Å². The van der Waals surface area contributed by atoms with Crippen molar-refractivity contribution in [3.05, 3.63) is 0 Å². The Morgan fingerprint density at radius 2 is 2.00 bits per heavy atom. The van der Waals surface area contributed by atoms with E-state index in [2.05, 4.69) is 4.90 Å². The molecule has 2 fully saturated rings. The first-order chi connectivity index (χ1) is 9.03. The number of hydrogen-bond donors (Lipinski definition) is 0. The standard InChI is InChI=1S/C14H25ClN2O2/c1-14(2,11-15)13(18)17-7-5-16(6-8-17)10-12-4-3-9-19-12/h12H,3-11H2,1-2H3. The van der Waals surface area contributed by atoms with Gasteiger partial charge in [0.05, 0.1) is 11.5 Å². The molecule has 0 aromatic rings. The molecule has 1 unspecified atom stereocenters. The SMILES string of the molecule is CC(C)(CCl)C(=O)N1CCN(CC2CCCO2)CC1. The Balaban J connectivity index is 1.77. The van der Waals surface area contributed by atoms with Gasteiger partial charge < -0.3 is 9.64 Å². The van der Waals surface area contributed by atoms with Gasteiger partial charge in [-0.2, -0.15) is 0 Å². The van der Waals surface area contributed by atoms with Crippen molar-refractivity contribution >= 4 is 17.5 Å². The van der Waals surface area contributed by atoms with Crippen LogP contribution in [0.25, 0.3) is 0 Å². The van der Waals surface area contributed by atoms with Crippen molar-refractivity contribution in [1.82, 2.24) is 9.80 Å². The van der Waals surface area contributed by atoms with Gasteiger partial charge in [-0.05, 0) is 26.7 Å². The van der Waals surface area contributed by atoms with Gasteiger partial charge in [0.1, 0.15) is 0 Å². The minimum Gasteiger partial charge on any atom is -0.377 e. The molecule has 5 heteroatoms. The van der Waals surface area contributed by atoms with Gasteiger partial charge >= 0.3 is 0 Å². The first kappa shape index (κ1) is 15.1. The van der Waals surface area contributed by atoms with Crippen LogP contribution in [-0.2, 0) is 9.53 Å². The number of halogens is 1. The first-order valence-corrected chi connectivity index (χ1v) is 7.76. The van der Waals surface area contributed by atoms with E-state index >= 15 is 0 Å². The second-order valence-electron chi connectivity index (χ2n) is 6.25. The number of nitrogens with zero attached hydrogens (tertiary/aromatic N) is 2. The van der Waals surface area contributed by atoms with Gasteiger partial charge in [0, 0.05) is 45.2 Å². The number of amides is 1. The smallest absolute Gasteiger partial charge is 0.229 e. The third-order valence-corrected chi connectivity index (χ3v) is 4.73. The fourth-order valence-corrected chi connectivity index (χ4v) is 2.81. The lowest BCUT2D eigenvalue weighted by atomic mass is 9.94. The van der Waals surface area contributed by atoms with Gasteiger partial charge in [0.2, 0.25) is 5.91 Å². The van der Waals surface area contributed by atoms with E-state index in [1.807, 2.05) is 18.7 Å². The Hall–Kier alpha value is -0.320. The maximum Gasteiger partial charge on any atom is 0.229 e. The summed E-state index contributed by atoms with van der Waals surface area (Å²) in [4.78, 5) is 16.7. The molecule has 2 aliphatic rings. The van der Waals surface area contributed by atoms with Crippen LogP contribution in [0, 0.1) is 5.41 Å². The van der Waals surface area contributed by atoms with Gasteiger partial charge in [-0.3, -0.25) is 9.69 Å². The number of ether oxygens (including phenoxy) is 1. The third-order valence-electron chi connectivity index (χ3n) is 4.06. The molecule has 2 rings (SSSR count). The number of carbonyl (C=O) groups excluding carboxylic acids is 1. The van der Waals surface area contributed by atoms with Crippen LogP contribution in [0.15, 0.2) is 0 Å². The van der Waals surface area contributed by atoms with E-state index in [9.17, 15) is 4.79 Å². The molecular formula is C14H25ClN2O2. The second kappa shape index (κ2) is 6.42. The molecule has 0 N–H and O–H groups in total. The van der Waals surface area contributed by atoms with E-state index in [1.165, 1.54) is 12.8 Å². The van der Waals surface area contributed by atoms with Gasteiger partial charge in [0.15, 0.2) is 0 Å². The number of hydrogen-bond acceptors (Lipinski definition) is 3. The van der Waals surface area contributed by atoms with Gasteiger partial charge in [0.25, 0.3) is 0 Å². The Bertz CT molecular complexity index is 309. The first-order valence-electron chi connectivity index (χ1n) is 7.22. The molecule has 0 spiro atoms. The molecule has 0 aliphatic carbocycles. The lowest BCUT2D eigenvalue weighted by Gasteiger charge is -2.38. The predicted octanol–water partition coefficient (Wildman–Crippen LogP) is 1.57. The summed E-state index contributed by atoms with van der Waals surface area (Å²) in [5.41, 5.74) is -0.446. The molecule has 19 heavy (non-hydrogen) atoms. The summed E-state index contributed by atoms with van der Waals surface area (Å²) in [7, 11) is 0. The Labute approximate surface area is 121 Å². The van der Waals surface area contributed by atoms with Gasteiger partial charge in [-0.15, -0.1) is 11.6 Å². The summed E-state index contributed by atoms with van der Waals surface area (Å²) in [6, 6.07) is 0. The number of carbonyl (C=O) groups is 1. The van der Waals surface area contributed by atoms with Gasteiger partial charge in [-0.25, -0.2) is 0 Å². The second-order valence-corrected chi connectivity index (χ2v) is 6.51. The Kier molecular flexibility index (Phi) is 5.09. The highest BCUT2D eigenvalue weighted by molar-refractivity contribution is 6.19. The van der Waals surface area contributed by atoms with Crippen molar-refractivity contribution in [3.63, 3.8) is 0 Å². The van der Waals surface area contributed by atoms with Crippen LogP contribution in [0.4, 0.5) is 0 Å². The molecule has 0 aromatic carbocycles. The lowest BCUT2D eigenvalue weighted by Crippen LogP contribution is -2.53. The molecule has 0 aromatic heterocycles. The summed E-state index contributed by atoms with van der Waals surface area (Å²) in [6.07, 6.45) is 2.77. The zero-order valence-corrected chi connectivity index (χ0v) is 12.8. The molecule has 0 saturated carbocycles. The third kappa shape index (κ3) is 3.83. The molecule has 2 aliphatic heterocycles. The Morgan fingerprint density at radius 1 is 1.32 bits per heavy atom. The van der Waals surface area contributed by atoms with E-state index in [-0.39, 0.29) is 5.91 Å². The molecule has 110 valence electrons. The molecule has 0 bridgehead atoms. The van der Waals surface area contributed by atoms with E-state index in [1.54, 1.807) is 0 Å². The molecular weight excluding hydrogens is 264 g/mol. The maximum atomic E-state index is 12.3. The average Bonchev–Trinajstić information content (AvgIpc) is 2.91. The molecule has 2 saturated heterocycles. The summed E-state index contributed by atoms with van der Waals surface area (Å²) in [5, 5.41) is 0. The van der Waals surface area contributed by atoms with Crippen LogP contribution < -0.4 is 0 Å². The lowest BCUT2D eigenvalue weighted by molar-refractivity contribution is -0.141. The quantitative estimate of drug-likeness (QED) is 0.736. The minimum absolute atomic E-state index is 0.180. The van der Waals surface area contributed by atoms with Crippen LogP contribution >= 0.6 is 11.6 Å². The largest absolute Gasteiger partial charge is 0.377 e. The summed E-state index contributed by atoms with van der Waals surface area (Å²) < 4.78 is 5.66. The van der Waals surface area contributed by atoms with Crippen molar-refractivity contribution in [1.29, 1.82) is 0 Å². The normalized spacial score (nSPS) is 25.8. The summed E-state index contributed by atoms with van der Waals surface area (Å²) in [5.74, 6) is 0.557. The van der Waals surface area contributed by atoms with Crippen molar-refractivity contribution in [2.24, 2.45) is 5.41 Å². The highest BCUT2D eigenvalue weighted by Crippen LogP contribution is 2.22. The number of rotatable bonds is 4. The molecule has 1 amide bonds. The van der Waals surface area contributed by atoms with E-state index < -0.39 is 5.41 Å². The Morgan fingerprint density at radius 3 is 2.53 bits per heavy atom. The van der Waals surface area contributed by atoms with Crippen LogP contribution in [0.5, 0.6) is 0 Å². The van der Waals surface area contributed by atoms with E-state index in [4.69, 9.17) is 16.3 Å². The van der Waals surface area contributed by atoms with Crippen molar-refractivity contribution < 1.29 is 9.53 Å². The van der Waals surface area contributed by atoms with Crippen LogP contribution in [0.2, 0.25) is 0 Å². The summed E-state index contributed by atoms with van der Waals surface area (Å²) >= 11 is 5.87. The average molecular weight is 289 g/mol. The van der Waals surface area contributed by atoms with Crippen LogP contribution in [0.1, 0.15) is 26.7 Å². The molecule has 4 nitrogen and oxygen atoms in total. The maximum absolute atomic E-state index is 12.3. The summed E-state index contributed by atoms with van der Waals surface area (Å²) in [6.45, 7) is 9.28. The topological polar surface area (TPSA) is 32.8 Å². The van der Waals surface area contributed by atoms with E-state index in [0.29, 0.717) is 12.0 Å². The zero-order valence-electron chi connectivity index (χ0n) is 12.0. The number of piperazine rings is 1. The zero-order chi connectivity index (χ0) is 13.9. The molecule has 0 radical (unpaired) electrons. The van der Waals surface area contributed by atoms with Crippen molar-refractivity contribution in [2.75, 3.05) is 45.2 Å². The van der Waals surface area contributed by atoms with Gasteiger partial charge in [-0.1, -0.05) is 0 Å². The number of alkyl halides is 1. The fraction of sp³-hybridized carbons (Fsp3) is 0.929. The molecule has 2 heterocycles. The van der Waals surface area contributed by atoms with E-state index in [0.717, 1.165) is 39.3 Å². The highest BCUT2D eigenvalue weighted by atomic mass is 35.5. The highest BCUT2D eigenvalue weighted by Gasteiger charge is 2.33. The minimum atomic E-state index is -0.446. The predicted molar refractivity (Wildman–Crippen MR) is 76.5 cm³/mol. The van der Waals surface area contributed by atoms with Crippen LogP contribution in [0.3, 0.4) is 0 Å². The molecule has 1 atom stereocenters. The monoisotopic (exact) mass is 288 g/mol.